The lowest BCUT2D eigenvalue weighted by atomic mass is 10.2. The summed E-state index contributed by atoms with van der Waals surface area (Å²) in [6.07, 6.45) is 1.59. The Kier molecular flexibility index (Phi) is 4.60. The number of esters is 1. The minimum Gasteiger partial charge on any atom is -0.465 e. The van der Waals surface area contributed by atoms with Crippen molar-refractivity contribution in [2.75, 3.05) is 25.2 Å². The molecule has 1 aromatic rings. The van der Waals surface area contributed by atoms with Crippen LogP contribution in [0.5, 0.6) is 0 Å². The third kappa shape index (κ3) is 3.23. The summed E-state index contributed by atoms with van der Waals surface area (Å²) in [5.41, 5.74) is 1.50. The van der Waals surface area contributed by atoms with Crippen LogP contribution in [0.25, 0.3) is 0 Å². The fourth-order valence-electron chi connectivity index (χ4n) is 1.96. The van der Waals surface area contributed by atoms with E-state index in [1.807, 2.05) is 17.8 Å². The summed E-state index contributed by atoms with van der Waals surface area (Å²) in [5, 5.41) is 0. The molecule has 1 fully saturated rings. The summed E-state index contributed by atoms with van der Waals surface area (Å²) in [4.78, 5) is 18.0. The minimum atomic E-state index is -0.336. The maximum atomic E-state index is 11.3. The predicted molar refractivity (Wildman–Crippen MR) is 72.8 cm³/mol. The van der Waals surface area contributed by atoms with Gasteiger partial charge in [0.15, 0.2) is 0 Å². The van der Waals surface area contributed by atoms with Gasteiger partial charge < -0.3 is 4.74 Å². The van der Waals surface area contributed by atoms with Gasteiger partial charge in [-0.3, -0.25) is 9.88 Å². The van der Waals surface area contributed by atoms with E-state index in [0.717, 1.165) is 18.8 Å². The first-order chi connectivity index (χ1) is 8.70. The number of ether oxygens (including phenoxy) is 1. The fraction of sp³-hybridized carbons (Fsp3) is 0.538. The van der Waals surface area contributed by atoms with Gasteiger partial charge in [-0.1, -0.05) is 0 Å². The molecule has 1 atom stereocenters. The van der Waals surface area contributed by atoms with Crippen molar-refractivity contribution in [3.05, 3.63) is 29.6 Å². The first kappa shape index (κ1) is 13.4. The van der Waals surface area contributed by atoms with Crippen LogP contribution < -0.4 is 0 Å². The molecule has 2 rings (SSSR count). The maximum absolute atomic E-state index is 11.3. The number of methoxy groups -OCH3 is 1. The van der Waals surface area contributed by atoms with Crippen LogP contribution in [0.2, 0.25) is 0 Å². The smallest absolute Gasteiger partial charge is 0.339 e. The highest BCUT2D eigenvalue weighted by atomic mass is 32.2. The van der Waals surface area contributed by atoms with E-state index < -0.39 is 0 Å². The maximum Gasteiger partial charge on any atom is 0.339 e. The molecule has 0 radical (unpaired) electrons. The Labute approximate surface area is 112 Å². The number of pyridine rings is 1. The van der Waals surface area contributed by atoms with Crippen molar-refractivity contribution in [1.29, 1.82) is 0 Å². The van der Waals surface area contributed by atoms with Crippen molar-refractivity contribution >= 4 is 17.7 Å². The zero-order chi connectivity index (χ0) is 13.0. The Hall–Kier alpha value is -1.07. The van der Waals surface area contributed by atoms with Crippen LogP contribution in [0.1, 0.15) is 23.0 Å². The summed E-state index contributed by atoms with van der Waals surface area (Å²) in [6.45, 7) is 4.20. The molecule has 0 amide bonds. The lowest BCUT2D eigenvalue weighted by Crippen LogP contribution is -2.39. The van der Waals surface area contributed by atoms with Gasteiger partial charge in [0, 0.05) is 36.8 Å². The molecular formula is C13H18N2O2S. The highest BCUT2D eigenvalue weighted by molar-refractivity contribution is 7.99. The normalized spacial score (nSPS) is 20.7. The average Bonchev–Trinajstić information content (AvgIpc) is 2.41. The zero-order valence-electron chi connectivity index (χ0n) is 10.8. The molecule has 0 bridgehead atoms. The number of hydrogen-bond acceptors (Lipinski definition) is 5. The van der Waals surface area contributed by atoms with Crippen molar-refractivity contribution in [1.82, 2.24) is 9.88 Å². The topological polar surface area (TPSA) is 42.4 Å². The van der Waals surface area contributed by atoms with Gasteiger partial charge in [-0.2, -0.15) is 11.8 Å². The number of carbonyl (C=O) groups excluding carboxylic acids is 1. The number of carbonyl (C=O) groups is 1. The van der Waals surface area contributed by atoms with Crippen molar-refractivity contribution in [3.63, 3.8) is 0 Å². The standard InChI is InChI=1S/C13H18N2O2S/c1-10-9-18-6-5-15(10)8-12-4-3-11(7-14-12)13(16)17-2/h3-4,7,10H,5-6,8-9H2,1-2H3. The molecule has 1 aromatic heterocycles. The quantitative estimate of drug-likeness (QED) is 0.781. The molecule has 5 heteroatoms. The van der Waals surface area contributed by atoms with Crippen LogP contribution in [-0.2, 0) is 11.3 Å². The molecule has 0 aliphatic carbocycles. The van der Waals surface area contributed by atoms with E-state index in [1.54, 1.807) is 12.3 Å². The van der Waals surface area contributed by atoms with Gasteiger partial charge in [-0.15, -0.1) is 0 Å². The molecule has 1 aliphatic rings. The summed E-state index contributed by atoms with van der Waals surface area (Å²) in [5.74, 6) is 2.03. The second-order valence-electron chi connectivity index (χ2n) is 4.42. The minimum absolute atomic E-state index is 0.336. The van der Waals surface area contributed by atoms with E-state index in [0.29, 0.717) is 11.6 Å². The van der Waals surface area contributed by atoms with Gasteiger partial charge >= 0.3 is 5.97 Å². The summed E-state index contributed by atoms with van der Waals surface area (Å²) in [7, 11) is 1.38. The number of nitrogens with zero attached hydrogens (tertiary/aromatic N) is 2. The zero-order valence-corrected chi connectivity index (χ0v) is 11.6. The Morgan fingerprint density at radius 1 is 1.61 bits per heavy atom. The monoisotopic (exact) mass is 266 g/mol. The van der Waals surface area contributed by atoms with Crippen molar-refractivity contribution in [2.24, 2.45) is 0 Å². The van der Waals surface area contributed by atoms with Crippen molar-refractivity contribution in [2.45, 2.75) is 19.5 Å². The van der Waals surface area contributed by atoms with Crippen LogP contribution in [0.4, 0.5) is 0 Å². The summed E-state index contributed by atoms with van der Waals surface area (Å²) < 4.78 is 4.65. The van der Waals surface area contributed by atoms with E-state index >= 15 is 0 Å². The first-order valence-corrected chi connectivity index (χ1v) is 7.21. The first-order valence-electron chi connectivity index (χ1n) is 6.05. The molecule has 0 saturated carbocycles. The van der Waals surface area contributed by atoms with Crippen LogP contribution >= 0.6 is 11.8 Å². The molecule has 18 heavy (non-hydrogen) atoms. The van der Waals surface area contributed by atoms with Gasteiger partial charge in [0.25, 0.3) is 0 Å². The molecular weight excluding hydrogens is 248 g/mol. The highest BCUT2D eigenvalue weighted by Crippen LogP contribution is 2.18. The highest BCUT2D eigenvalue weighted by Gasteiger charge is 2.19. The SMILES string of the molecule is COC(=O)c1ccc(CN2CCSCC2C)nc1. The van der Waals surface area contributed by atoms with Gasteiger partial charge in [-0.25, -0.2) is 4.79 Å². The second kappa shape index (κ2) is 6.20. The molecule has 0 spiro atoms. The Balaban J connectivity index is 1.99. The van der Waals surface area contributed by atoms with E-state index in [9.17, 15) is 4.79 Å². The number of rotatable bonds is 3. The number of thioether (sulfide) groups is 1. The van der Waals surface area contributed by atoms with Crippen molar-refractivity contribution in [3.8, 4) is 0 Å². The molecule has 98 valence electrons. The fourth-order valence-corrected chi connectivity index (χ4v) is 3.04. The Bertz CT molecular complexity index is 408. The Morgan fingerprint density at radius 2 is 2.44 bits per heavy atom. The van der Waals surface area contributed by atoms with E-state index in [2.05, 4.69) is 21.5 Å². The molecule has 0 aromatic carbocycles. The van der Waals surface area contributed by atoms with Crippen LogP contribution in [0.3, 0.4) is 0 Å². The van der Waals surface area contributed by atoms with E-state index in [1.165, 1.54) is 18.6 Å². The molecule has 2 heterocycles. The number of aromatic nitrogens is 1. The van der Waals surface area contributed by atoms with Gasteiger partial charge in [0.2, 0.25) is 0 Å². The van der Waals surface area contributed by atoms with Crippen LogP contribution in [0, 0.1) is 0 Å². The third-order valence-electron chi connectivity index (χ3n) is 3.12. The third-order valence-corrected chi connectivity index (χ3v) is 4.31. The molecule has 0 N–H and O–H groups in total. The predicted octanol–water partition coefficient (Wildman–Crippen LogP) is 1.81. The van der Waals surface area contributed by atoms with E-state index in [4.69, 9.17) is 0 Å². The molecule has 1 saturated heterocycles. The van der Waals surface area contributed by atoms with Crippen LogP contribution in [-0.4, -0.2) is 47.1 Å². The number of hydrogen-bond donors (Lipinski definition) is 0. The lowest BCUT2D eigenvalue weighted by molar-refractivity contribution is 0.0600. The van der Waals surface area contributed by atoms with E-state index in [-0.39, 0.29) is 5.97 Å². The molecule has 1 aliphatic heterocycles. The van der Waals surface area contributed by atoms with Gasteiger partial charge in [-0.05, 0) is 19.1 Å². The Morgan fingerprint density at radius 3 is 3.06 bits per heavy atom. The van der Waals surface area contributed by atoms with Gasteiger partial charge in [0.1, 0.15) is 0 Å². The molecule has 4 nitrogen and oxygen atoms in total. The largest absolute Gasteiger partial charge is 0.465 e. The molecule has 1 unspecified atom stereocenters. The van der Waals surface area contributed by atoms with Gasteiger partial charge in [0.05, 0.1) is 18.4 Å². The second-order valence-corrected chi connectivity index (χ2v) is 5.57. The average molecular weight is 266 g/mol. The summed E-state index contributed by atoms with van der Waals surface area (Å²) in [6, 6.07) is 4.27. The van der Waals surface area contributed by atoms with Crippen molar-refractivity contribution < 1.29 is 9.53 Å². The summed E-state index contributed by atoms with van der Waals surface area (Å²) >= 11 is 2.00. The van der Waals surface area contributed by atoms with Crippen LogP contribution in [0.15, 0.2) is 18.3 Å². The lowest BCUT2D eigenvalue weighted by Gasteiger charge is -2.32.